The molecule has 48 heavy (non-hydrogen) atoms. The van der Waals surface area contributed by atoms with Crippen molar-refractivity contribution in [2.24, 2.45) is 7.05 Å². The first-order valence-electron chi connectivity index (χ1n) is 14.7. The molecule has 4 heterocycles. The van der Waals surface area contributed by atoms with Gasteiger partial charge in [0.1, 0.15) is 0 Å². The Morgan fingerprint density at radius 2 is 1.83 bits per heavy atom. The molecular formula is C35H31N9O3S. The molecule has 2 aromatic carbocycles. The average molecular weight is 658 g/mol. The zero-order chi connectivity index (χ0) is 34.0. The lowest BCUT2D eigenvalue weighted by Crippen LogP contribution is -2.33. The summed E-state index contributed by atoms with van der Waals surface area (Å²) in [4.78, 5) is 40.8. The van der Waals surface area contributed by atoms with Gasteiger partial charge >= 0.3 is 0 Å². The van der Waals surface area contributed by atoms with Crippen molar-refractivity contribution in [3.8, 4) is 28.8 Å². The molecule has 0 radical (unpaired) electrons. The topological polar surface area (TPSA) is 163 Å². The largest absolute Gasteiger partial charge is 0.382 e. The van der Waals surface area contributed by atoms with Crippen molar-refractivity contribution in [2.45, 2.75) is 13.0 Å². The number of amides is 1. The Kier molecular flexibility index (Phi) is 8.49. The molecule has 4 N–H and O–H groups in total. The minimum Gasteiger partial charge on any atom is -0.382 e. The van der Waals surface area contributed by atoms with Crippen molar-refractivity contribution >= 4 is 43.8 Å². The quantitative estimate of drug-likeness (QED) is 0.173. The molecule has 6 aromatic rings. The van der Waals surface area contributed by atoms with Crippen LogP contribution < -0.4 is 21.3 Å². The molecule has 0 bridgehead atoms. The molecule has 1 unspecified atom stereocenters. The van der Waals surface area contributed by atoms with Crippen molar-refractivity contribution in [1.82, 2.24) is 34.6 Å². The third kappa shape index (κ3) is 6.79. The van der Waals surface area contributed by atoms with Crippen LogP contribution in [0, 0.1) is 11.8 Å². The molecule has 6 rings (SSSR count). The lowest BCUT2D eigenvalue weighted by Gasteiger charge is -2.21. The van der Waals surface area contributed by atoms with Crippen LogP contribution in [0.1, 0.15) is 40.3 Å². The number of nitrogens with two attached hydrogens (primary N) is 1. The minimum atomic E-state index is -2.55. The summed E-state index contributed by atoms with van der Waals surface area (Å²) in [5, 5.41) is 8.23. The standard InChI is InChI=1S/C35H31N9O3S/c1-22(40-34(45)32-33(36)38-20-29(41-32)26-15-27(19-37-18-26)42-48(3,4)47)30-16-25-10-8-9-24(14-13-23-17-39-43(2)21-23)31(25)35(46)44(30)28-11-6-5-7-12-28/h5-12,15-22H,3H2,1-2,4H3,(H2,36,38)(H,40,45)(H,42,47)/t22-,48?/m0/s1. The number of hydrogen-bond acceptors (Lipinski definition) is 8. The fourth-order valence-corrected chi connectivity index (χ4v) is 5.81. The number of nitrogen functional groups attached to an aromatic ring is 1. The summed E-state index contributed by atoms with van der Waals surface area (Å²) in [6, 6.07) is 17.5. The molecule has 0 saturated carbocycles. The smallest absolute Gasteiger partial charge is 0.274 e. The van der Waals surface area contributed by atoms with E-state index in [0.29, 0.717) is 44.7 Å². The van der Waals surface area contributed by atoms with Crippen molar-refractivity contribution < 1.29 is 9.00 Å². The highest BCUT2D eigenvalue weighted by Gasteiger charge is 2.22. The van der Waals surface area contributed by atoms with Crippen LogP contribution in [0.25, 0.3) is 27.7 Å². The van der Waals surface area contributed by atoms with Crippen LogP contribution in [0.5, 0.6) is 0 Å². The number of para-hydroxylation sites is 1. The van der Waals surface area contributed by atoms with Gasteiger partial charge in [-0.2, -0.15) is 5.10 Å². The number of fused-ring (bicyclic) bond motifs is 1. The molecule has 0 spiro atoms. The molecule has 0 saturated heterocycles. The van der Waals surface area contributed by atoms with E-state index >= 15 is 0 Å². The van der Waals surface area contributed by atoms with E-state index in [1.165, 1.54) is 18.6 Å². The zero-order valence-corrected chi connectivity index (χ0v) is 27.2. The molecule has 0 fully saturated rings. The lowest BCUT2D eigenvalue weighted by atomic mass is 10.0. The number of benzene rings is 2. The predicted octanol–water partition coefficient (Wildman–Crippen LogP) is 3.72. The second kappa shape index (κ2) is 12.9. The number of rotatable bonds is 7. The van der Waals surface area contributed by atoms with Crippen LogP contribution in [0.15, 0.2) is 96.4 Å². The SMILES string of the molecule is C=S(C)(=O)Nc1cncc(-c2cnc(N)c(C(=O)N[C@@H](C)c3cc4cccc(C#Cc5cnn(C)c5)c4c(=O)n3-c3ccccc3)n2)c1. The maximum Gasteiger partial charge on any atom is 0.274 e. The van der Waals surface area contributed by atoms with E-state index in [1.807, 2.05) is 61.6 Å². The summed E-state index contributed by atoms with van der Waals surface area (Å²) in [5.41, 5.74) is 9.50. The summed E-state index contributed by atoms with van der Waals surface area (Å²) in [5.74, 6) is 9.17. The highest BCUT2D eigenvalue weighted by atomic mass is 32.2. The van der Waals surface area contributed by atoms with E-state index in [-0.39, 0.29) is 17.1 Å². The van der Waals surface area contributed by atoms with E-state index in [0.717, 1.165) is 5.56 Å². The Balaban J connectivity index is 1.38. The fraction of sp³-hybridized carbons (Fsp3) is 0.114. The molecule has 0 aliphatic heterocycles. The van der Waals surface area contributed by atoms with Gasteiger partial charge in [0.05, 0.1) is 47.0 Å². The van der Waals surface area contributed by atoms with Crippen LogP contribution in [0.2, 0.25) is 0 Å². The third-order valence-electron chi connectivity index (χ3n) is 7.31. The van der Waals surface area contributed by atoms with Crippen molar-refractivity contribution in [3.63, 3.8) is 0 Å². The van der Waals surface area contributed by atoms with E-state index in [1.54, 1.807) is 40.8 Å². The van der Waals surface area contributed by atoms with Gasteiger partial charge in [0.2, 0.25) is 0 Å². The Morgan fingerprint density at radius 1 is 1.04 bits per heavy atom. The molecule has 240 valence electrons. The summed E-state index contributed by atoms with van der Waals surface area (Å²) in [6.45, 7) is 1.78. The highest BCUT2D eigenvalue weighted by molar-refractivity contribution is 8.00. The number of aromatic nitrogens is 6. The first-order chi connectivity index (χ1) is 23.0. The molecule has 1 amide bonds. The zero-order valence-electron chi connectivity index (χ0n) is 26.3. The Labute approximate surface area is 276 Å². The number of nitrogens with zero attached hydrogens (tertiary/aromatic N) is 6. The van der Waals surface area contributed by atoms with Gasteiger partial charge in [-0.05, 0) is 48.5 Å². The second-order valence-electron chi connectivity index (χ2n) is 11.2. The van der Waals surface area contributed by atoms with Crippen molar-refractivity contribution in [1.29, 1.82) is 0 Å². The first-order valence-corrected chi connectivity index (χ1v) is 16.8. The number of carbonyl (C=O) groups excluding carboxylic acids is 1. The van der Waals surface area contributed by atoms with Gasteiger partial charge in [0, 0.05) is 57.9 Å². The van der Waals surface area contributed by atoms with Gasteiger partial charge in [-0.1, -0.05) is 42.2 Å². The molecule has 4 aromatic heterocycles. The summed E-state index contributed by atoms with van der Waals surface area (Å²) < 4.78 is 18.2. The normalized spacial score (nSPS) is 12.8. The molecular weight excluding hydrogens is 627 g/mol. The van der Waals surface area contributed by atoms with Gasteiger partial charge in [-0.3, -0.25) is 23.8 Å². The monoisotopic (exact) mass is 657 g/mol. The van der Waals surface area contributed by atoms with E-state index in [4.69, 9.17) is 5.73 Å². The average Bonchev–Trinajstić information content (AvgIpc) is 3.48. The number of nitrogens with one attached hydrogen (secondary N) is 2. The van der Waals surface area contributed by atoms with Gasteiger partial charge in [0.25, 0.3) is 11.5 Å². The highest BCUT2D eigenvalue weighted by Crippen LogP contribution is 2.25. The summed E-state index contributed by atoms with van der Waals surface area (Å²) >= 11 is 0. The Hall–Kier alpha value is -6.26. The van der Waals surface area contributed by atoms with Crippen LogP contribution >= 0.6 is 0 Å². The molecule has 13 heteroatoms. The van der Waals surface area contributed by atoms with Crippen molar-refractivity contribution in [2.75, 3.05) is 16.7 Å². The van der Waals surface area contributed by atoms with E-state index < -0.39 is 21.7 Å². The lowest BCUT2D eigenvalue weighted by molar-refractivity contribution is 0.0934. The van der Waals surface area contributed by atoms with Crippen molar-refractivity contribution in [3.05, 3.63) is 125 Å². The van der Waals surface area contributed by atoms with Crippen LogP contribution in [-0.4, -0.2) is 51.5 Å². The van der Waals surface area contributed by atoms with Gasteiger partial charge in [-0.25, -0.2) is 14.2 Å². The van der Waals surface area contributed by atoms with E-state index in [2.05, 4.69) is 47.8 Å². The van der Waals surface area contributed by atoms with Gasteiger partial charge in [-0.15, -0.1) is 0 Å². The van der Waals surface area contributed by atoms with E-state index in [9.17, 15) is 13.8 Å². The van der Waals surface area contributed by atoms with Crippen LogP contribution in [-0.2, 0) is 16.8 Å². The summed E-state index contributed by atoms with van der Waals surface area (Å²) in [7, 11) is -0.734. The van der Waals surface area contributed by atoms with Gasteiger partial charge in [0.15, 0.2) is 11.5 Å². The number of carbonyl (C=O) groups is 1. The Morgan fingerprint density at radius 3 is 2.56 bits per heavy atom. The molecule has 0 aliphatic carbocycles. The number of pyridine rings is 2. The van der Waals surface area contributed by atoms with Crippen LogP contribution in [0.3, 0.4) is 0 Å². The van der Waals surface area contributed by atoms with Crippen LogP contribution in [0.4, 0.5) is 11.5 Å². The maximum absolute atomic E-state index is 14.3. The second-order valence-corrected chi connectivity index (χ2v) is 13.4. The first kappa shape index (κ1) is 31.7. The minimum absolute atomic E-state index is 0.0733. The van der Waals surface area contributed by atoms with Gasteiger partial charge < -0.3 is 15.8 Å². The maximum atomic E-state index is 14.3. The molecule has 2 atom stereocenters. The number of anilines is 2. The predicted molar refractivity (Wildman–Crippen MR) is 189 cm³/mol. The third-order valence-corrected chi connectivity index (χ3v) is 7.98. The summed E-state index contributed by atoms with van der Waals surface area (Å²) in [6.07, 6.45) is 9.40. The molecule has 0 aliphatic rings. The fourth-order valence-electron chi connectivity index (χ4n) is 5.20. The number of hydrogen-bond donors (Lipinski definition) is 3. The number of aryl methyl sites for hydroxylation is 1. The Bertz CT molecular complexity index is 2430. The molecule has 12 nitrogen and oxygen atoms in total.